The van der Waals surface area contributed by atoms with Gasteiger partial charge in [0.05, 0.1) is 17.3 Å². The molecule has 0 spiro atoms. The lowest BCUT2D eigenvalue weighted by atomic mass is 10.3. The van der Waals surface area contributed by atoms with Crippen LogP contribution in [-0.4, -0.2) is 53.6 Å². The summed E-state index contributed by atoms with van der Waals surface area (Å²) >= 11 is 1.62. The van der Waals surface area contributed by atoms with Gasteiger partial charge in [0.25, 0.3) is 0 Å². The third kappa shape index (κ3) is 3.21. The van der Waals surface area contributed by atoms with Crippen LogP contribution < -0.4 is 15.4 Å². The van der Waals surface area contributed by atoms with Crippen LogP contribution in [0, 0.1) is 0 Å². The Morgan fingerprint density at radius 3 is 2.73 bits per heavy atom. The molecular weight excluding hydrogens is 404 g/mol. The van der Waals surface area contributed by atoms with Gasteiger partial charge in [-0.05, 0) is 24.3 Å². The van der Waals surface area contributed by atoms with E-state index in [1.54, 1.807) is 41.5 Å². The quantitative estimate of drug-likeness (QED) is 0.501. The van der Waals surface area contributed by atoms with Crippen molar-refractivity contribution in [2.45, 2.75) is 6.54 Å². The van der Waals surface area contributed by atoms with Crippen molar-refractivity contribution in [3.8, 4) is 5.75 Å². The van der Waals surface area contributed by atoms with Crippen LogP contribution in [0.25, 0.3) is 21.3 Å². The number of thiazole rings is 1. The first-order chi connectivity index (χ1) is 14.6. The highest BCUT2D eigenvalue weighted by Crippen LogP contribution is 2.34. The number of oxazole rings is 1. The second-order valence-corrected chi connectivity index (χ2v) is 8.10. The molecule has 5 rings (SSSR count). The van der Waals surface area contributed by atoms with Crippen LogP contribution in [0.1, 0.15) is 0 Å². The fourth-order valence-corrected chi connectivity index (χ4v) is 4.79. The number of para-hydroxylation sites is 3. The highest BCUT2D eigenvalue weighted by atomic mass is 32.1. The maximum atomic E-state index is 12.8. The van der Waals surface area contributed by atoms with E-state index in [-0.39, 0.29) is 12.5 Å². The number of benzene rings is 2. The van der Waals surface area contributed by atoms with Crippen molar-refractivity contribution in [2.75, 3.05) is 38.2 Å². The largest absolute Gasteiger partial charge is 0.494 e. The van der Waals surface area contributed by atoms with Gasteiger partial charge < -0.3 is 19.0 Å². The molecule has 9 heteroatoms. The number of aromatic nitrogens is 2. The molecule has 154 valence electrons. The molecule has 4 aromatic rings. The molecule has 0 bridgehead atoms. The fourth-order valence-electron chi connectivity index (χ4n) is 3.76. The van der Waals surface area contributed by atoms with Crippen molar-refractivity contribution in [2.24, 2.45) is 0 Å². The Labute approximate surface area is 175 Å². The minimum Gasteiger partial charge on any atom is -0.494 e. The number of methoxy groups -OCH3 is 1. The Morgan fingerprint density at radius 2 is 1.93 bits per heavy atom. The lowest BCUT2D eigenvalue weighted by Crippen LogP contribution is -2.50. The maximum Gasteiger partial charge on any atom is 0.420 e. The number of hydrogen-bond donors (Lipinski definition) is 0. The molecule has 2 aromatic carbocycles. The Balaban J connectivity index is 1.28. The minimum atomic E-state index is -0.508. The van der Waals surface area contributed by atoms with Crippen LogP contribution >= 0.6 is 11.3 Å². The molecule has 2 aromatic heterocycles. The van der Waals surface area contributed by atoms with E-state index in [1.165, 1.54) is 4.57 Å². The monoisotopic (exact) mass is 424 g/mol. The van der Waals surface area contributed by atoms with Gasteiger partial charge >= 0.3 is 5.76 Å². The standard InChI is InChI=1S/C21H20N4O4S/c1-28-16-7-4-8-17-19(16)22-20(30-17)24-11-9-23(10-12-24)18(26)13-25-14-5-2-3-6-15(14)29-21(25)27/h2-8H,9-13H2,1H3. The second kappa shape index (κ2) is 7.49. The summed E-state index contributed by atoms with van der Waals surface area (Å²) in [7, 11) is 1.65. The van der Waals surface area contributed by atoms with Gasteiger partial charge in [-0.25, -0.2) is 9.78 Å². The molecule has 0 atom stereocenters. The van der Waals surface area contributed by atoms with Crippen molar-refractivity contribution in [1.82, 2.24) is 14.5 Å². The molecule has 0 saturated carbocycles. The molecule has 0 unspecified atom stereocenters. The number of rotatable bonds is 4. The van der Waals surface area contributed by atoms with Crippen LogP contribution in [-0.2, 0) is 11.3 Å². The van der Waals surface area contributed by atoms with Gasteiger partial charge in [-0.1, -0.05) is 29.5 Å². The highest BCUT2D eigenvalue weighted by molar-refractivity contribution is 7.22. The Kier molecular flexibility index (Phi) is 4.66. The Bertz CT molecular complexity index is 1280. The van der Waals surface area contributed by atoms with Crippen molar-refractivity contribution >= 4 is 43.7 Å². The molecule has 0 radical (unpaired) electrons. The summed E-state index contributed by atoms with van der Waals surface area (Å²) < 4.78 is 13.1. The van der Waals surface area contributed by atoms with Gasteiger partial charge in [-0.3, -0.25) is 9.36 Å². The topological polar surface area (TPSA) is 80.8 Å². The predicted molar refractivity (Wildman–Crippen MR) is 115 cm³/mol. The number of amides is 1. The second-order valence-electron chi connectivity index (χ2n) is 7.09. The number of hydrogen-bond acceptors (Lipinski definition) is 7. The fraction of sp³-hybridized carbons (Fsp3) is 0.286. The van der Waals surface area contributed by atoms with Gasteiger partial charge in [0.2, 0.25) is 5.91 Å². The van der Waals surface area contributed by atoms with E-state index in [0.29, 0.717) is 37.3 Å². The van der Waals surface area contributed by atoms with E-state index in [2.05, 4.69) is 4.90 Å². The molecule has 1 amide bonds. The zero-order valence-corrected chi connectivity index (χ0v) is 17.2. The van der Waals surface area contributed by atoms with Gasteiger partial charge in [0.1, 0.15) is 17.8 Å². The van der Waals surface area contributed by atoms with Gasteiger partial charge in [0, 0.05) is 26.2 Å². The number of fused-ring (bicyclic) bond motifs is 2. The first-order valence-electron chi connectivity index (χ1n) is 9.68. The van der Waals surface area contributed by atoms with E-state index >= 15 is 0 Å². The van der Waals surface area contributed by atoms with E-state index in [9.17, 15) is 9.59 Å². The van der Waals surface area contributed by atoms with Crippen molar-refractivity contribution in [3.05, 3.63) is 53.0 Å². The summed E-state index contributed by atoms with van der Waals surface area (Å²) in [5.74, 6) is 0.169. The number of carbonyl (C=O) groups excluding carboxylic acids is 1. The van der Waals surface area contributed by atoms with Crippen molar-refractivity contribution in [3.63, 3.8) is 0 Å². The molecule has 1 aliphatic rings. The normalized spacial score (nSPS) is 14.6. The van der Waals surface area contributed by atoms with E-state index in [0.717, 1.165) is 21.1 Å². The van der Waals surface area contributed by atoms with Crippen LogP contribution in [0.15, 0.2) is 51.7 Å². The third-order valence-electron chi connectivity index (χ3n) is 5.36. The lowest BCUT2D eigenvalue weighted by molar-refractivity contribution is -0.132. The van der Waals surface area contributed by atoms with Gasteiger partial charge in [-0.2, -0.15) is 0 Å². The molecule has 0 N–H and O–H groups in total. The number of anilines is 1. The number of carbonyl (C=O) groups is 1. The van der Waals surface area contributed by atoms with Crippen molar-refractivity contribution < 1.29 is 13.9 Å². The zero-order chi connectivity index (χ0) is 20.7. The summed E-state index contributed by atoms with van der Waals surface area (Å²) in [6, 6.07) is 13.0. The summed E-state index contributed by atoms with van der Waals surface area (Å²) in [4.78, 5) is 33.7. The molecule has 1 aliphatic heterocycles. The van der Waals surface area contributed by atoms with Crippen molar-refractivity contribution in [1.29, 1.82) is 0 Å². The molecule has 1 saturated heterocycles. The average Bonchev–Trinajstić information content (AvgIpc) is 3.35. The molecule has 30 heavy (non-hydrogen) atoms. The third-order valence-corrected chi connectivity index (χ3v) is 6.44. The SMILES string of the molecule is COc1cccc2sc(N3CCN(C(=O)Cn4c(=O)oc5ccccc54)CC3)nc12. The highest BCUT2D eigenvalue weighted by Gasteiger charge is 2.24. The predicted octanol–water partition coefficient (Wildman–Crippen LogP) is 2.56. The molecule has 1 fully saturated rings. The summed E-state index contributed by atoms with van der Waals surface area (Å²) in [6.45, 7) is 2.52. The first-order valence-corrected chi connectivity index (χ1v) is 10.5. The van der Waals surface area contributed by atoms with Gasteiger partial charge in [0.15, 0.2) is 10.7 Å². The van der Waals surface area contributed by atoms with Crippen LogP contribution in [0.5, 0.6) is 5.75 Å². The van der Waals surface area contributed by atoms with E-state index in [1.807, 2.05) is 24.3 Å². The zero-order valence-electron chi connectivity index (χ0n) is 16.4. The molecule has 0 aliphatic carbocycles. The van der Waals surface area contributed by atoms with Crippen LogP contribution in [0.3, 0.4) is 0 Å². The van der Waals surface area contributed by atoms with Crippen LogP contribution in [0.4, 0.5) is 5.13 Å². The van der Waals surface area contributed by atoms with E-state index in [4.69, 9.17) is 14.1 Å². The molecule has 8 nitrogen and oxygen atoms in total. The van der Waals surface area contributed by atoms with Gasteiger partial charge in [-0.15, -0.1) is 0 Å². The first kappa shape index (κ1) is 18.7. The maximum absolute atomic E-state index is 12.8. The number of ether oxygens (including phenoxy) is 1. The number of piperazine rings is 1. The lowest BCUT2D eigenvalue weighted by Gasteiger charge is -2.34. The summed E-state index contributed by atoms with van der Waals surface area (Å²) in [6.07, 6.45) is 0. The molecule has 3 heterocycles. The Hall–Kier alpha value is -3.33. The Morgan fingerprint density at radius 1 is 1.13 bits per heavy atom. The molecular formula is C21H20N4O4S. The smallest absolute Gasteiger partial charge is 0.420 e. The van der Waals surface area contributed by atoms with Crippen LogP contribution in [0.2, 0.25) is 0 Å². The minimum absolute atomic E-state index is 0.0197. The summed E-state index contributed by atoms with van der Waals surface area (Å²) in [5.41, 5.74) is 1.99. The summed E-state index contributed by atoms with van der Waals surface area (Å²) in [5, 5.41) is 0.929. The van der Waals surface area contributed by atoms with E-state index < -0.39 is 5.76 Å². The average molecular weight is 424 g/mol. The number of nitrogens with zero attached hydrogens (tertiary/aromatic N) is 4.